The number of methoxy groups -OCH3 is 1. The number of nitrogens with one attached hydrogen (secondary N) is 1. The van der Waals surface area contributed by atoms with E-state index in [0.717, 1.165) is 16.9 Å². The van der Waals surface area contributed by atoms with Crippen LogP contribution in [0.1, 0.15) is 34.4 Å². The van der Waals surface area contributed by atoms with Gasteiger partial charge >= 0.3 is 0 Å². The van der Waals surface area contributed by atoms with Crippen molar-refractivity contribution in [1.82, 2.24) is 15.2 Å². The zero-order valence-corrected chi connectivity index (χ0v) is 18.3. The van der Waals surface area contributed by atoms with E-state index >= 15 is 0 Å². The van der Waals surface area contributed by atoms with E-state index in [1.54, 1.807) is 19.2 Å². The summed E-state index contributed by atoms with van der Waals surface area (Å²) in [4.78, 5) is 18.6. The second-order valence-electron chi connectivity index (χ2n) is 7.22. The summed E-state index contributed by atoms with van der Waals surface area (Å²) in [6, 6.07) is 14.3. The van der Waals surface area contributed by atoms with Crippen LogP contribution in [0.3, 0.4) is 0 Å². The number of benzene rings is 2. The van der Waals surface area contributed by atoms with Gasteiger partial charge in [-0.1, -0.05) is 24.3 Å². The van der Waals surface area contributed by atoms with E-state index in [1.165, 1.54) is 18.4 Å². The van der Waals surface area contributed by atoms with Crippen LogP contribution >= 0.6 is 0 Å². The molecule has 8 heteroatoms. The van der Waals surface area contributed by atoms with E-state index in [2.05, 4.69) is 15.2 Å². The molecule has 1 N–H and O–H groups in total. The summed E-state index contributed by atoms with van der Waals surface area (Å²) in [5.74, 6) is 0.658. The van der Waals surface area contributed by atoms with Gasteiger partial charge in [0, 0.05) is 26.7 Å². The number of hydrogen-bond acceptors (Lipinski definition) is 6. The summed E-state index contributed by atoms with van der Waals surface area (Å²) >= 11 is 0. The minimum atomic E-state index is -0.311. The third kappa shape index (κ3) is 7.18. The predicted octanol–water partition coefficient (Wildman–Crippen LogP) is 3.79. The van der Waals surface area contributed by atoms with E-state index in [9.17, 15) is 9.18 Å². The summed E-state index contributed by atoms with van der Waals surface area (Å²) < 4.78 is 29.3. The predicted molar refractivity (Wildman–Crippen MR) is 118 cm³/mol. The van der Waals surface area contributed by atoms with Crippen molar-refractivity contribution < 1.29 is 23.1 Å². The fraction of sp³-hybridized carbons (Fsp3) is 0.333. The van der Waals surface area contributed by atoms with Gasteiger partial charge in [0.25, 0.3) is 5.91 Å². The first-order valence-corrected chi connectivity index (χ1v) is 10.5. The number of oxazole rings is 1. The molecule has 0 spiro atoms. The van der Waals surface area contributed by atoms with Gasteiger partial charge in [0.05, 0.1) is 19.8 Å². The number of aromatic nitrogens is 1. The van der Waals surface area contributed by atoms with Gasteiger partial charge in [0.2, 0.25) is 5.89 Å². The maximum Gasteiger partial charge on any atom is 0.273 e. The van der Waals surface area contributed by atoms with Crippen LogP contribution in [0.15, 0.2) is 59.2 Å². The fourth-order valence-electron chi connectivity index (χ4n) is 3.17. The molecule has 0 aliphatic heterocycles. The van der Waals surface area contributed by atoms with Crippen molar-refractivity contribution in [3.8, 4) is 5.75 Å². The highest BCUT2D eigenvalue weighted by Gasteiger charge is 2.16. The SMILES string of the molecule is CCOc1ccc(CN(Cc2ccc(F)cc2)Cc2nc(C(=O)NCCOC)co2)cc1. The molecular weight excluding hydrogens is 413 g/mol. The molecule has 7 nitrogen and oxygen atoms in total. The third-order valence-corrected chi connectivity index (χ3v) is 4.69. The zero-order chi connectivity index (χ0) is 22.8. The van der Waals surface area contributed by atoms with Crippen molar-refractivity contribution in [3.63, 3.8) is 0 Å². The van der Waals surface area contributed by atoms with Crippen LogP contribution < -0.4 is 10.1 Å². The third-order valence-electron chi connectivity index (χ3n) is 4.69. The number of carbonyl (C=O) groups is 1. The Kier molecular flexibility index (Phi) is 8.77. The Balaban J connectivity index is 1.70. The van der Waals surface area contributed by atoms with Crippen LogP contribution in [-0.4, -0.2) is 42.7 Å². The monoisotopic (exact) mass is 441 g/mol. The molecule has 2 aromatic carbocycles. The molecule has 170 valence electrons. The highest BCUT2D eigenvalue weighted by atomic mass is 19.1. The van der Waals surface area contributed by atoms with E-state index in [0.29, 0.717) is 45.3 Å². The number of nitrogens with zero attached hydrogens (tertiary/aromatic N) is 2. The lowest BCUT2D eigenvalue weighted by Crippen LogP contribution is -2.27. The van der Waals surface area contributed by atoms with Crippen LogP contribution in [0.4, 0.5) is 4.39 Å². The summed E-state index contributed by atoms with van der Waals surface area (Å²) in [6.07, 6.45) is 1.35. The Bertz CT molecular complexity index is 974. The maximum atomic E-state index is 13.3. The minimum Gasteiger partial charge on any atom is -0.494 e. The van der Waals surface area contributed by atoms with Gasteiger partial charge in [0.1, 0.15) is 17.8 Å². The molecule has 0 saturated heterocycles. The average Bonchev–Trinajstić information content (AvgIpc) is 3.25. The molecule has 0 radical (unpaired) electrons. The smallest absolute Gasteiger partial charge is 0.273 e. The molecule has 3 aromatic rings. The van der Waals surface area contributed by atoms with Crippen molar-refractivity contribution in [2.45, 2.75) is 26.6 Å². The van der Waals surface area contributed by atoms with Gasteiger partial charge in [-0.2, -0.15) is 0 Å². The van der Waals surface area contributed by atoms with Crippen molar-refractivity contribution >= 4 is 5.91 Å². The van der Waals surface area contributed by atoms with Crippen LogP contribution in [0.5, 0.6) is 5.75 Å². The molecule has 1 amide bonds. The van der Waals surface area contributed by atoms with Crippen LogP contribution in [0.25, 0.3) is 0 Å². The summed E-state index contributed by atoms with van der Waals surface area (Å²) in [7, 11) is 1.57. The Morgan fingerprint density at radius 1 is 1.06 bits per heavy atom. The van der Waals surface area contributed by atoms with Gasteiger partial charge < -0.3 is 19.2 Å². The first kappa shape index (κ1) is 23.4. The number of halogens is 1. The van der Waals surface area contributed by atoms with Crippen molar-refractivity contribution in [2.75, 3.05) is 26.9 Å². The molecule has 0 aliphatic rings. The maximum absolute atomic E-state index is 13.3. The molecule has 0 fully saturated rings. The first-order valence-electron chi connectivity index (χ1n) is 10.5. The molecule has 0 unspecified atom stereocenters. The number of hydrogen-bond donors (Lipinski definition) is 1. The standard InChI is InChI=1S/C24H28FN3O4/c1-3-31-21-10-6-19(7-11-21)15-28(14-18-4-8-20(25)9-5-18)16-23-27-22(17-32-23)24(29)26-12-13-30-2/h4-11,17H,3,12-16H2,1-2H3,(H,26,29). The van der Waals surface area contributed by atoms with Gasteiger partial charge in [-0.15, -0.1) is 0 Å². The number of ether oxygens (including phenoxy) is 2. The van der Waals surface area contributed by atoms with Gasteiger partial charge in [-0.3, -0.25) is 9.69 Å². The largest absolute Gasteiger partial charge is 0.494 e. The Hall–Kier alpha value is -3.23. The van der Waals surface area contributed by atoms with E-state index in [1.807, 2.05) is 31.2 Å². The fourth-order valence-corrected chi connectivity index (χ4v) is 3.17. The Labute approximate surface area is 187 Å². The molecule has 0 atom stereocenters. The normalized spacial score (nSPS) is 11.0. The molecule has 32 heavy (non-hydrogen) atoms. The average molecular weight is 442 g/mol. The Morgan fingerprint density at radius 2 is 1.72 bits per heavy atom. The number of amides is 1. The summed E-state index contributed by atoms with van der Waals surface area (Å²) in [5.41, 5.74) is 2.26. The molecular formula is C24H28FN3O4. The lowest BCUT2D eigenvalue weighted by Gasteiger charge is -2.21. The lowest BCUT2D eigenvalue weighted by molar-refractivity contribution is 0.0932. The highest BCUT2D eigenvalue weighted by molar-refractivity contribution is 5.91. The van der Waals surface area contributed by atoms with Gasteiger partial charge in [0.15, 0.2) is 5.69 Å². The minimum absolute atomic E-state index is 0.221. The van der Waals surface area contributed by atoms with Crippen molar-refractivity contribution in [3.05, 3.63) is 83.3 Å². The lowest BCUT2D eigenvalue weighted by atomic mass is 10.1. The van der Waals surface area contributed by atoms with Gasteiger partial charge in [-0.05, 0) is 42.3 Å². The van der Waals surface area contributed by atoms with Crippen LogP contribution in [0.2, 0.25) is 0 Å². The molecule has 0 aliphatic carbocycles. The van der Waals surface area contributed by atoms with Gasteiger partial charge in [-0.25, -0.2) is 9.37 Å². The summed E-state index contributed by atoms with van der Waals surface area (Å²) in [6.45, 7) is 4.93. The van der Waals surface area contributed by atoms with Crippen LogP contribution in [0, 0.1) is 5.82 Å². The molecule has 1 heterocycles. The molecule has 3 rings (SSSR count). The molecule has 0 bridgehead atoms. The topological polar surface area (TPSA) is 76.8 Å². The second-order valence-corrected chi connectivity index (χ2v) is 7.22. The molecule has 1 aromatic heterocycles. The number of carbonyl (C=O) groups excluding carboxylic acids is 1. The van der Waals surface area contributed by atoms with Crippen molar-refractivity contribution in [1.29, 1.82) is 0 Å². The quantitative estimate of drug-likeness (QED) is 0.431. The van der Waals surface area contributed by atoms with Crippen molar-refractivity contribution in [2.24, 2.45) is 0 Å². The van der Waals surface area contributed by atoms with E-state index in [4.69, 9.17) is 13.9 Å². The Morgan fingerprint density at radius 3 is 2.34 bits per heavy atom. The first-order chi connectivity index (χ1) is 15.6. The summed E-state index contributed by atoms with van der Waals surface area (Å²) in [5, 5.41) is 2.72. The number of rotatable bonds is 12. The van der Waals surface area contributed by atoms with Crippen LogP contribution in [-0.2, 0) is 24.4 Å². The zero-order valence-electron chi connectivity index (χ0n) is 18.3. The van der Waals surface area contributed by atoms with E-state index in [-0.39, 0.29) is 17.4 Å². The van der Waals surface area contributed by atoms with E-state index < -0.39 is 0 Å². The molecule has 0 saturated carbocycles. The second kappa shape index (κ2) is 12.0. The highest BCUT2D eigenvalue weighted by Crippen LogP contribution is 2.17.